The van der Waals surface area contributed by atoms with E-state index in [4.69, 9.17) is 0 Å². The second kappa shape index (κ2) is 9.86. The van der Waals surface area contributed by atoms with Crippen LogP contribution in [0.3, 0.4) is 0 Å². The van der Waals surface area contributed by atoms with Crippen molar-refractivity contribution in [2.75, 3.05) is 13.1 Å². The lowest BCUT2D eigenvalue weighted by molar-refractivity contribution is 0.765. The topological polar surface area (TPSA) is 67.1 Å². The van der Waals surface area contributed by atoms with Crippen LogP contribution in [0.25, 0.3) is 0 Å². The SMILES string of the molecule is CCNC(=NCc1sc(C)nc1C)NCCc1cnn(C)c1.I. The van der Waals surface area contributed by atoms with E-state index in [1.807, 2.05) is 38.0 Å². The van der Waals surface area contributed by atoms with Crippen molar-refractivity contribution in [3.05, 3.63) is 33.5 Å². The van der Waals surface area contributed by atoms with Crippen LogP contribution in [0.4, 0.5) is 0 Å². The fourth-order valence-corrected chi connectivity index (χ4v) is 3.00. The Hall–Kier alpha value is -1.16. The summed E-state index contributed by atoms with van der Waals surface area (Å²) in [6.45, 7) is 8.48. The van der Waals surface area contributed by atoms with Crippen LogP contribution in [0.5, 0.6) is 0 Å². The highest BCUT2D eigenvalue weighted by molar-refractivity contribution is 14.0. The molecule has 2 aromatic rings. The molecule has 0 saturated heterocycles. The summed E-state index contributed by atoms with van der Waals surface area (Å²) in [5, 5.41) is 11.9. The summed E-state index contributed by atoms with van der Waals surface area (Å²) in [5.41, 5.74) is 2.30. The Labute approximate surface area is 158 Å². The van der Waals surface area contributed by atoms with Crippen LogP contribution < -0.4 is 10.6 Å². The monoisotopic (exact) mass is 448 g/mol. The molecule has 2 heterocycles. The van der Waals surface area contributed by atoms with E-state index >= 15 is 0 Å². The number of thiazole rings is 1. The third kappa shape index (κ3) is 6.46. The van der Waals surface area contributed by atoms with Crippen molar-refractivity contribution >= 4 is 41.3 Å². The number of aromatic nitrogens is 3. The van der Waals surface area contributed by atoms with Crippen LogP contribution in [-0.2, 0) is 20.0 Å². The molecule has 23 heavy (non-hydrogen) atoms. The van der Waals surface area contributed by atoms with Crippen molar-refractivity contribution in [2.24, 2.45) is 12.0 Å². The van der Waals surface area contributed by atoms with E-state index in [0.717, 1.165) is 36.2 Å². The van der Waals surface area contributed by atoms with Crippen LogP contribution >= 0.6 is 35.3 Å². The number of aryl methyl sites for hydroxylation is 3. The van der Waals surface area contributed by atoms with Crippen molar-refractivity contribution in [1.82, 2.24) is 25.4 Å². The number of halogens is 1. The minimum absolute atomic E-state index is 0. The summed E-state index contributed by atoms with van der Waals surface area (Å²) in [4.78, 5) is 10.3. The van der Waals surface area contributed by atoms with Crippen molar-refractivity contribution in [3.63, 3.8) is 0 Å². The molecule has 0 bridgehead atoms. The zero-order valence-corrected chi connectivity index (χ0v) is 17.2. The smallest absolute Gasteiger partial charge is 0.191 e. The number of nitrogens with one attached hydrogen (secondary N) is 2. The zero-order chi connectivity index (χ0) is 15.9. The van der Waals surface area contributed by atoms with Gasteiger partial charge in [-0.2, -0.15) is 5.10 Å². The third-order valence-corrected chi connectivity index (χ3v) is 4.25. The molecule has 0 fully saturated rings. The van der Waals surface area contributed by atoms with Gasteiger partial charge in [-0.1, -0.05) is 0 Å². The van der Waals surface area contributed by atoms with Gasteiger partial charge < -0.3 is 10.6 Å². The molecule has 8 heteroatoms. The molecule has 0 aromatic carbocycles. The van der Waals surface area contributed by atoms with Crippen molar-refractivity contribution in [3.8, 4) is 0 Å². The van der Waals surface area contributed by atoms with E-state index in [0.29, 0.717) is 6.54 Å². The summed E-state index contributed by atoms with van der Waals surface area (Å²) in [5.74, 6) is 0.844. The maximum Gasteiger partial charge on any atom is 0.191 e. The minimum Gasteiger partial charge on any atom is -0.357 e. The van der Waals surface area contributed by atoms with Gasteiger partial charge in [0.15, 0.2) is 5.96 Å². The van der Waals surface area contributed by atoms with Crippen LogP contribution in [0, 0.1) is 13.8 Å². The average Bonchev–Trinajstić information content (AvgIpc) is 3.01. The molecule has 0 spiro atoms. The van der Waals surface area contributed by atoms with Crippen LogP contribution in [0.15, 0.2) is 17.4 Å². The van der Waals surface area contributed by atoms with Crippen molar-refractivity contribution in [2.45, 2.75) is 33.7 Å². The lowest BCUT2D eigenvalue weighted by Gasteiger charge is -2.10. The largest absolute Gasteiger partial charge is 0.357 e. The fraction of sp³-hybridized carbons (Fsp3) is 0.533. The summed E-state index contributed by atoms with van der Waals surface area (Å²) in [6, 6.07) is 0. The lowest BCUT2D eigenvalue weighted by atomic mass is 10.2. The standard InChI is InChI=1S/C15H24N6S.HI/c1-5-16-15(17-7-6-13-8-19-21(4)10-13)18-9-14-11(2)20-12(3)22-14;/h8,10H,5-7,9H2,1-4H3,(H2,16,17,18);1H. The number of guanidine groups is 1. The summed E-state index contributed by atoms with van der Waals surface area (Å²) in [6.07, 6.45) is 4.86. The van der Waals surface area contributed by atoms with Gasteiger partial charge in [-0.15, -0.1) is 35.3 Å². The Morgan fingerprint density at radius 1 is 1.35 bits per heavy atom. The quantitative estimate of drug-likeness (QED) is 0.405. The van der Waals surface area contributed by atoms with Gasteiger partial charge in [0.25, 0.3) is 0 Å². The van der Waals surface area contributed by atoms with E-state index in [-0.39, 0.29) is 24.0 Å². The van der Waals surface area contributed by atoms with Gasteiger partial charge in [-0.3, -0.25) is 4.68 Å². The predicted molar refractivity (Wildman–Crippen MR) is 107 cm³/mol. The number of aliphatic imine (C=N–C) groups is 1. The van der Waals surface area contributed by atoms with Gasteiger partial charge >= 0.3 is 0 Å². The van der Waals surface area contributed by atoms with Gasteiger partial charge in [-0.05, 0) is 32.8 Å². The van der Waals surface area contributed by atoms with Gasteiger partial charge in [-0.25, -0.2) is 9.98 Å². The molecule has 0 aliphatic carbocycles. The lowest BCUT2D eigenvalue weighted by Crippen LogP contribution is -2.38. The molecule has 128 valence electrons. The molecule has 0 saturated carbocycles. The average molecular weight is 448 g/mol. The highest BCUT2D eigenvalue weighted by atomic mass is 127. The number of rotatable bonds is 6. The molecule has 0 radical (unpaired) electrons. The molecule has 0 atom stereocenters. The van der Waals surface area contributed by atoms with E-state index in [1.54, 1.807) is 11.3 Å². The summed E-state index contributed by atoms with van der Waals surface area (Å²) in [7, 11) is 1.93. The predicted octanol–water partition coefficient (Wildman–Crippen LogP) is 2.41. The molecule has 6 nitrogen and oxygen atoms in total. The van der Waals surface area contributed by atoms with E-state index in [9.17, 15) is 0 Å². The van der Waals surface area contributed by atoms with Crippen LogP contribution in [0.2, 0.25) is 0 Å². The Morgan fingerprint density at radius 3 is 2.70 bits per heavy atom. The van der Waals surface area contributed by atoms with Crippen LogP contribution in [0.1, 0.15) is 28.1 Å². The van der Waals surface area contributed by atoms with E-state index in [2.05, 4.69) is 32.6 Å². The fourth-order valence-electron chi connectivity index (χ4n) is 2.14. The molecule has 0 amide bonds. The number of hydrogen-bond donors (Lipinski definition) is 2. The molecule has 0 unspecified atom stereocenters. The van der Waals surface area contributed by atoms with Gasteiger partial charge in [0.2, 0.25) is 0 Å². The maximum atomic E-state index is 4.64. The second-order valence-electron chi connectivity index (χ2n) is 5.14. The zero-order valence-electron chi connectivity index (χ0n) is 14.1. The Kier molecular flexibility index (Phi) is 8.53. The molecule has 0 aliphatic rings. The first-order valence-electron chi connectivity index (χ1n) is 7.51. The normalized spacial score (nSPS) is 11.2. The molecule has 2 aromatic heterocycles. The Balaban J connectivity index is 0.00000264. The first-order valence-corrected chi connectivity index (χ1v) is 8.32. The first-order chi connectivity index (χ1) is 10.6. The molecule has 2 N–H and O–H groups in total. The highest BCUT2D eigenvalue weighted by Gasteiger charge is 2.05. The van der Waals surface area contributed by atoms with Gasteiger partial charge in [0.1, 0.15) is 0 Å². The van der Waals surface area contributed by atoms with E-state index < -0.39 is 0 Å². The van der Waals surface area contributed by atoms with E-state index in [1.165, 1.54) is 10.4 Å². The number of nitrogens with zero attached hydrogens (tertiary/aromatic N) is 4. The first kappa shape index (κ1) is 19.9. The summed E-state index contributed by atoms with van der Waals surface area (Å²) < 4.78 is 1.82. The molecule has 2 rings (SSSR count). The highest BCUT2D eigenvalue weighted by Crippen LogP contribution is 2.17. The number of hydrogen-bond acceptors (Lipinski definition) is 4. The van der Waals surface area contributed by atoms with Crippen LogP contribution in [-0.4, -0.2) is 33.8 Å². The minimum atomic E-state index is 0. The Bertz CT molecular complexity index is 634. The van der Waals surface area contributed by atoms with Gasteiger partial charge in [0, 0.05) is 31.2 Å². The molecule has 0 aliphatic heterocycles. The Morgan fingerprint density at radius 2 is 2.13 bits per heavy atom. The maximum absolute atomic E-state index is 4.64. The molecular formula is C15H25IN6S. The second-order valence-corrected chi connectivity index (χ2v) is 6.42. The summed E-state index contributed by atoms with van der Waals surface area (Å²) >= 11 is 1.71. The van der Waals surface area contributed by atoms with Gasteiger partial charge in [0.05, 0.1) is 23.4 Å². The van der Waals surface area contributed by atoms with Crippen molar-refractivity contribution in [1.29, 1.82) is 0 Å². The third-order valence-electron chi connectivity index (χ3n) is 3.19. The van der Waals surface area contributed by atoms with Crippen molar-refractivity contribution < 1.29 is 0 Å². The molecular weight excluding hydrogens is 423 g/mol.